The van der Waals surface area contributed by atoms with Crippen molar-refractivity contribution in [3.8, 4) is 0 Å². The first-order valence-corrected chi connectivity index (χ1v) is 8.18. The number of nitrogens with zero attached hydrogens (tertiary/aromatic N) is 2. The normalized spacial score (nSPS) is 26.2. The zero-order valence-electron chi connectivity index (χ0n) is 11.3. The lowest BCUT2D eigenvalue weighted by Gasteiger charge is -2.23. The highest BCUT2D eigenvalue weighted by Gasteiger charge is 2.25. The lowest BCUT2D eigenvalue weighted by Crippen LogP contribution is -2.14. The molecule has 4 nitrogen and oxygen atoms in total. The summed E-state index contributed by atoms with van der Waals surface area (Å²) in [5.74, 6) is 3.75. The van der Waals surface area contributed by atoms with Gasteiger partial charge in [-0.1, -0.05) is 24.9 Å². The zero-order valence-corrected chi connectivity index (χ0v) is 12.1. The van der Waals surface area contributed by atoms with E-state index >= 15 is 0 Å². The van der Waals surface area contributed by atoms with Gasteiger partial charge in [0.15, 0.2) is 5.82 Å². The third-order valence-electron chi connectivity index (χ3n) is 3.71. The molecule has 1 fully saturated rings. The number of hydrogen-bond acceptors (Lipinski definition) is 5. The van der Waals surface area contributed by atoms with Gasteiger partial charge in [-0.3, -0.25) is 0 Å². The summed E-state index contributed by atoms with van der Waals surface area (Å²) in [5.41, 5.74) is 6.04. The van der Waals surface area contributed by atoms with E-state index in [0.29, 0.717) is 11.8 Å². The van der Waals surface area contributed by atoms with Gasteiger partial charge in [0, 0.05) is 5.92 Å². The molecule has 18 heavy (non-hydrogen) atoms. The molecule has 102 valence electrons. The van der Waals surface area contributed by atoms with Gasteiger partial charge in [-0.05, 0) is 37.2 Å². The Kier molecular flexibility index (Phi) is 5.06. The highest BCUT2D eigenvalue weighted by atomic mass is 32.2. The van der Waals surface area contributed by atoms with Crippen LogP contribution in [0.5, 0.6) is 0 Å². The van der Waals surface area contributed by atoms with Gasteiger partial charge in [0.05, 0.1) is 6.04 Å². The molecule has 0 aromatic carbocycles. The van der Waals surface area contributed by atoms with Gasteiger partial charge in [-0.25, -0.2) is 0 Å². The van der Waals surface area contributed by atoms with E-state index in [1.54, 1.807) is 11.8 Å². The Bertz CT molecular complexity index is 369. The molecule has 0 spiro atoms. The Labute approximate surface area is 113 Å². The second-order valence-corrected chi connectivity index (χ2v) is 6.33. The smallest absolute Gasteiger partial charge is 0.243 e. The monoisotopic (exact) mass is 269 g/mol. The van der Waals surface area contributed by atoms with Crippen molar-refractivity contribution in [3.63, 3.8) is 0 Å². The molecule has 2 N–H and O–H groups in total. The average Bonchev–Trinajstić information content (AvgIpc) is 2.85. The standard InChI is InChI=1S/C13H23N3OS/c1-9-4-3-5-10(8-9)12-15-13(17-16-12)11(14)6-7-18-2/h9-11H,3-8,14H2,1-2H3/t9?,10?,11-/m0/s1. The number of nitrogens with two attached hydrogens (primary N) is 1. The summed E-state index contributed by atoms with van der Waals surface area (Å²) in [5, 5.41) is 4.13. The number of aromatic nitrogens is 2. The lowest BCUT2D eigenvalue weighted by atomic mass is 9.82. The maximum absolute atomic E-state index is 6.04. The highest BCUT2D eigenvalue weighted by Crippen LogP contribution is 2.34. The molecule has 1 heterocycles. The van der Waals surface area contributed by atoms with Crippen molar-refractivity contribution in [2.75, 3.05) is 12.0 Å². The minimum Gasteiger partial charge on any atom is -0.338 e. The molecule has 1 saturated carbocycles. The van der Waals surface area contributed by atoms with E-state index < -0.39 is 0 Å². The van der Waals surface area contributed by atoms with Crippen LogP contribution in [0.4, 0.5) is 0 Å². The molecule has 0 bridgehead atoms. The van der Waals surface area contributed by atoms with E-state index in [2.05, 4.69) is 23.3 Å². The van der Waals surface area contributed by atoms with Gasteiger partial charge >= 0.3 is 0 Å². The first-order chi connectivity index (χ1) is 8.70. The second-order valence-electron chi connectivity index (χ2n) is 5.35. The van der Waals surface area contributed by atoms with Crippen LogP contribution in [0.25, 0.3) is 0 Å². The van der Waals surface area contributed by atoms with Crippen LogP contribution in [0.2, 0.25) is 0 Å². The van der Waals surface area contributed by atoms with Crippen LogP contribution in [0.3, 0.4) is 0 Å². The molecule has 1 aromatic rings. The van der Waals surface area contributed by atoms with E-state index in [9.17, 15) is 0 Å². The Balaban J connectivity index is 1.96. The first kappa shape index (κ1) is 13.9. The van der Waals surface area contributed by atoms with Gasteiger partial charge in [-0.2, -0.15) is 16.7 Å². The van der Waals surface area contributed by atoms with Crippen molar-refractivity contribution in [2.45, 2.75) is 51.0 Å². The number of thioether (sulfide) groups is 1. The van der Waals surface area contributed by atoms with Gasteiger partial charge < -0.3 is 10.3 Å². The molecule has 0 saturated heterocycles. The van der Waals surface area contributed by atoms with E-state index in [1.807, 2.05) is 0 Å². The molecule has 0 aliphatic heterocycles. The summed E-state index contributed by atoms with van der Waals surface area (Å²) >= 11 is 1.79. The van der Waals surface area contributed by atoms with Gasteiger partial charge in [0.25, 0.3) is 0 Å². The minimum atomic E-state index is -0.111. The molecule has 3 atom stereocenters. The summed E-state index contributed by atoms with van der Waals surface area (Å²) in [6.07, 6.45) is 7.93. The summed E-state index contributed by atoms with van der Waals surface area (Å²) < 4.78 is 5.32. The minimum absolute atomic E-state index is 0.111. The molecule has 1 aromatic heterocycles. The van der Waals surface area contributed by atoms with Crippen LogP contribution in [0.15, 0.2) is 4.52 Å². The van der Waals surface area contributed by atoms with Crippen molar-refractivity contribution < 1.29 is 4.52 Å². The maximum atomic E-state index is 6.04. The molecule has 0 amide bonds. The van der Waals surface area contributed by atoms with E-state index in [0.717, 1.165) is 23.9 Å². The van der Waals surface area contributed by atoms with Crippen molar-refractivity contribution in [1.29, 1.82) is 0 Å². The fraction of sp³-hybridized carbons (Fsp3) is 0.846. The summed E-state index contributed by atoms with van der Waals surface area (Å²) in [6, 6.07) is -0.111. The molecule has 0 radical (unpaired) electrons. The second kappa shape index (κ2) is 6.57. The van der Waals surface area contributed by atoms with Crippen LogP contribution in [-0.4, -0.2) is 22.1 Å². The Hall–Kier alpha value is -0.550. The number of rotatable bonds is 5. The SMILES string of the molecule is CSCC[C@H](N)c1nc(C2CCCC(C)C2)no1. The van der Waals surface area contributed by atoms with E-state index in [4.69, 9.17) is 10.3 Å². The highest BCUT2D eigenvalue weighted by molar-refractivity contribution is 7.98. The predicted molar refractivity (Wildman–Crippen MR) is 74.6 cm³/mol. The van der Waals surface area contributed by atoms with Gasteiger partial charge in [-0.15, -0.1) is 0 Å². The molecular formula is C13H23N3OS. The van der Waals surface area contributed by atoms with Crippen LogP contribution in [0.1, 0.15) is 62.7 Å². The Morgan fingerprint density at radius 3 is 3.06 bits per heavy atom. The summed E-state index contributed by atoms with van der Waals surface area (Å²) in [7, 11) is 0. The van der Waals surface area contributed by atoms with Gasteiger partial charge in [0.1, 0.15) is 0 Å². The topological polar surface area (TPSA) is 64.9 Å². The first-order valence-electron chi connectivity index (χ1n) is 6.78. The molecule has 5 heteroatoms. The third-order valence-corrected chi connectivity index (χ3v) is 4.35. The molecule has 2 rings (SSSR count). The molecule has 1 aliphatic carbocycles. The van der Waals surface area contributed by atoms with Crippen LogP contribution >= 0.6 is 11.8 Å². The Morgan fingerprint density at radius 2 is 2.33 bits per heavy atom. The van der Waals surface area contributed by atoms with Crippen molar-refractivity contribution >= 4 is 11.8 Å². The largest absolute Gasteiger partial charge is 0.338 e. The van der Waals surface area contributed by atoms with Crippen molar-refractivity contribution in [3.05, 3.63) is 11.7 Å². The third kappa shape index (κ3) is 3.48. The quantitative estimate of drug-likeness (QED) is 0.889. The summed E-state index contributed by atoms with van der Waals surface area (Å²) in [6.45, 7) is 2.30. The predicted octanol–water partition coefficient (Wildman–Crippen LogP) is 3.12. The number of hydrogen-bond donors (Lipinski definition) is 1. The Morgan fingerprint density at radius 1 is 1.50 bits per heavy atom. The average molecular weight is 269 g/mol. The fourth-order valence-corrected chi connectivity index (χ4v) is 3.09. The van der Waals surface area contributed by atoms with Crippen LogP contribution in [-0.2, 0) is 0 Å². The van der Waals surface area contributed by atoms with Gasteiger partial charge in [0.2, 0.25) is 5.89 Å². The van der Waals surface area contributed by atoms with Crippen molar-refractivity contribution in [2.24, 2.45) is 11.7 Å². The molecular weight excluding hydrogens is 246 g/mol. The van der Waals surface area contributed by atoms with E-state index in [1.165, 1.54) is 25.7 Å². The fourth-order valence-electron chi connectivity index (χ4n) is 2.60. The lowest BCUT2D eigenvalue weighted by molar-refractivity contribution is 0.315. The summed E-state index contributed by atoms with van der Waals surface area (Å²) in [4.78, 5) is 4.51. The molecule has 1 aliphatic rings. The van der Waals surface area contributed by atoms with Crippen LogP contribution in [0, 0.1) is 5.92 Å². The van der Waals surface area contributed by atoms with Crippen molar-refractivity contribution in [1.82, 2.24) is 10.1 Å². The molecule has 2 unspecified atom stereocenters. The van der Waals surface area contributed by atoms with E-state index in [-0.39, 0.29) is 6.04 Å². The zero-order chi connectivity index (χ0) is 13.0. The maximum Gasteiger partial charge on any atom is 0.243 e. The van der Waals surface area contributed by atoms with Crippen LogP contribution < -0.4 is 5.73 Å².